The molecule has 0 saturated heterocycles. The van der Waals surface area contributed by atoms with Crippen molar-refractivity contribution in [2.45, 2.75) is 38.6 Å². The highest BCUT2D eigenvalue weighted by Crippen LogP contribution is 2.28. The van der Waals surface area contributed by atoms with Crippen LogP contribution in [0.15, 0.2) is 12.1 Å². The quantitative estimate of drug-likeness (QED) is 0.774. The zero-order valence-electron chi connectivity index (χ0n) is 12.0. The first-order valence-electron chi connectivity index (χ1n) is 7.35. The number of hydrogen-bond acceptors (Lipinski definition) is 5. The van der Waals surface area contributed by atoms with Gasteiger partial charge in [0.25, 0.3) is 5.91 Å². The van der Waals surface area contributed by atoms with Gasteiger partial charge in [0.15, 0.2) is 11.5 Å². The van der Waals surface area contributed by atoms with Crippen LogP contribution in [0.4, 0.5) is 5.82 Å². The highest BCUT2D eigenvalue weighted by molar-refractivity contribution is 5.92. The Morgan fingerprint density at radius 1 is 1.45 bits per heavy atom. The molecule has 0 atom stereocenters. The first kappa shape index (κ1) is 14.7. The maximum absolute atomic E-state index is 11.7. The molecule has 0 aliphatic heterocycles. The van der Waals surface area contributed by atoms with Crippen LogP contribution in [-0.4, -0.2) is 41.8 Å². The van der Waals surface area contributed by atoms with Gasteiger partial charge in [-0.25, -0.2) is 0 Å². The van der Waals surface area contributed by atoms with E-state index >= 15 is 0 Å². The van der Waals surface area contributed by atoms with Crippen molar-refractivity contribution in [2.24, 2.45) is 5.73 Å². The van der Waals surface area contributed by atoms with E-state index in [1.165, 1.54) is 19.3 Å². The van der Waals surface area contributed by atoms with Crippen molar-refractivity contribution in [3.8, 4) is 0 Å². The Bertz CT molecular complexity index is 430. The number of carbonyl (C=O) groups excluding carboxylic acids is 1. The fraction of sp³-hybridized carbons (Fsp3) is 0.643. The summed E-state index contributed by atoms with van der Waals surface area (Å²) in [6.07, 6.45) is 4.61. The maximum Gasteiger partial charge on any atom is 0.271 e. The SMILES string of the molecule is CCNC(=O)c1ccc(N(CCCN)C2CCC2)nn1. The fourth-order valence-corrected chi connectivity index (χ4v) is 2.29. The summed E-state index contributed by atoms with van der Waals surface area (Å²) in [5.41, 5.74) is 5.96. The van der Waals surface area contributed by atoms with Crippen LogP contribution in [0.5, 0.6) is 0 Å². The number of amides is 1. The number of carbonyl (C=O) groups is 1. The van der Waals surface area contributed by atoms with Crippen LogP contribution in [0.25, 0.3) is 0 Å². The summed E-state index contributed by atoms with van der Waals surface area (Å²) in [6, 6.07) is 4.17. The van der Waals surface area contributed by atoms with Gasteiger partial charge in [-0.05, 0) is 51.3 Å². The Balaban J connectivity index is 2.06. The monoisotopic (exact) mass is 277 g/mol. The van der Waals surface area contributed by atoms with Crippen molar-refractivity contribution in [3.63, 3.8) is 0 Å². The molecule has 1 saturated carbocycles. The lowest BCUT2D eigenvalue weighted by Crippen LogP contribution is -2.42. The molecule has 20 heavy (non-hydrogen) atoms. The minimum Gasteiger partial charge on any atom is -0.352 e. The van der Waals surface area contributed by atoms with E-state index in [-0.39, 0.29) is 5.91 Å². The Hall–Kier alpha value is -1.69. The van der Waals surface area contributed by atoms with Gasteiger partial charge >= 0.3 is 0 Å². The van der Waals surface area contributed by atoms with Crippen molar-refractivity contribution < 1.29 is 4.79 Å². The largest absolute Gasteiger partial charge is 0.352 e. The van der Waals surface area contributed by atoms with Crippen LogP contribution in [0.2, 0.25) is 0 Å². The molecule has 6 nitrogen and oxygen atoms in total. The molecule has 1 aliphatic carbocycles. The van der Waals surface area contributed by atoms with E-state index in [1.807, 2.05) is 13.0 Å². The molecule has 0 aromatic carbocycles. The molecule has 1 amide bonds. The van der Waals surface area contributed by atoms with Crippen molar-refractivity contribution in [2.75, 3.05) is 24.5 Å². The predicted octanol–water partition coefficient (Wildman–Crippen LogP) is 0.934. The molecular formula is C14H23N5O. The van der Waals surface area contributed by atoms with E-state index in [0.29, 0.717) is 24.8 Å². The van der Waals surface area contributed by atoms with Gasteiger partial charge in [-0.3, -0.25) is 4.79 Å². The Morgan fingerprint density at radius 2 is 2.25 bits per heavy atom. The van der Waals surface area contributed by atoms with Crippen LogP contribution < -0.4 is 16.0 Å². The molecular weight excluding hydrogens is 254 g/mol. The number of nitrogens with zero attached hydrogens (tertiary/aromatic N) is 3. The fourth-order valence-electron chi connectivity index (χ4n) is 2.29. The van der Waals surface area contributed by atoms with Crippen molar-refractivity contribution in [3.05, 3.63) is 17.8 Å². The third-order valence-corrected chi connectivity index (χ3v) is 3.63. The molecule has 0 radical (unpaired) electrons. The first-order chi connectivity index (χ1) is 9.76. The van der Waals surface area contributed by atoms with E-state index in [4.69, 9.17) is 5.73 Å². The maximum atomic E-state index is 11.7. The second-order valence-electron chi connectivity index (χ2n) is 5.06. The predicted molar refractivity (Wildman–Crippen MR) is 78.7 cm³/mol. The Labute approximate surface area is 119 Å². The summed E-state index contributed by atoms with van der Waals surface area (Å²) in [7, 11) is 0. The lowest BCUT2D eigenvalue weighted by Gasteiger charge is -2.38. The van der Waals surface area contributed by atoms with E-state index in [9.17, 15) is 4.79 Å². The standard InChI is InChI=1S/C14H23N5O/c1-2-16-14(20)12-7-8-13(18-17-12)19(10-4-9-15)11-5-3-6-11/h7-8,11H,2-6,9-10,15H2,1H3,(H,16,20). The minimum atomic E-state index is -0.177. The lowest BCUT2D eigenvalue weighted by atomic mass is 9.91. The van der Waals surface area contributed by atoms with E-state index in [1.54, 1.807) is 6.07 Å². The van der Waals surface area contributed by atoms with Gasteiger partial charge in [0.2, 0.25) is 0 Å². The second kappa shape index (κ2) is 7.19. The van der Waals surface area contributed by atoms with Gasteiger partial charge in [0.1, 0.15) is 0 Å². The highest BCUT2D eigenvalue weighted by Gasteiger charge is 2.26. The smallest absolute Gasteiger partial charge is 0.271 e. The molecule has 110 valence electrons. The summed E-state index contributed by atoms with van der Waals surface area (Å²) in [5.74, 6) is 0.667. The van der Waals surface area contributed by atoms with Crippen LogP contribution in [0.1, 0.15) is 43.1 Å². The molecule has 0 unspecified atom stereocenters. The summed E-state index contributed by atoms with van der Waals surface area (Å²) in [4.78, 5) is 13.9. The molecule has 1 heterocycles. The summed E-state index contributed by atoms with van der Waals surface area (Å²) in [5, 5.41) is 11.0. The molecule has 3 N–H and O–H groups in total. The van der Waals surface area contributed by atoms with Crippen LogP contribution in [0.3, 0.4) is 0 Å². The molecule has 0 bridgehead atoms. The molecule has 1 fully saturated rings. The number of rotatable bonds is 7. The molecule has 0 spiro atoms. The Kier molecular flexibility index (Phi) is 5.29. The van der Waals surface area contributed by atoms with Crippen molar-refractivity contribution >= 4 is 11.7 Å². The third-order valence-electron chi connectivity index (χ3n) is 3.63. The van der Waals surface area contributed by atoms with E-state index < -0.39 is 0 Å². The van der Waals surface area contributed by atoms with Gasteiger partial charge in [0, 0.05) is 19.1 Å². The number of nitrogens with two attached hydrogens (primary N) is 1. The van der Waals surface area contributed by atoms with Crippen molar-refractivity contribution in [1.29, 1.82) is 0 Å². The van der Waals surface area contributed by atoms with Crippen LogP contribution >= 0.6 is 0 Å². The van der Waals surface area contributed by atoms with Gasteiger partial charge in [-0.15, -0.1) is 10.2 Å². The summed E-state index contributed by atoms with van der Waals surface area (Å²) in [6.45, 7) is 4.04. The van der Waals surface area contributed by atoms with Gasteiger partial charge in [-0.1, -0.05) is 0 Å². The summed E-state index contributed by atoms with van der Waals surface area (Å²) < 4.78 is 0. The Morgan fingerprint density at radius 3 is 2.75 bits per heavy atom. The normalized spacial score (nSPS) is 14.7. The molecule has 6 heteroatoms. The lowest BCUT2D eigenvalue weighted by molar-refractivity contribution is 0.0950. The van der Waals surface area contributed by atoms with E-state index in [0.717, 1.165) is 18.8 Å². The molecule has 2 rings (SSSR count). The summed E-state index contributed by atoms with van der Waals surface area (Å²) >= 11 is 0. The molecule has 1 aliphatic rings. The number of aromatic nitrogens is 2. The number of anilines is 1. The molecule has 1 aromatic heterocycles. The van der Waals surface area contributed by atoms with Crippen LogP contribution in [0, 0.1) is 0 Å². The second-order valence-corrected chi connectivity index (χ2v) is 5.06. The number of nitrogens with one attached hydrogen (secondary N) is 1. The first-order valence-corrected chi connectivity index (χ1v) is 7.35. The average Bonchev–Trinajstić information content (AvgIpc) is 2.42. The third kappa shape index (κ3) is 3.45. The average molecular weight is 277 g/mol. The van der Waals surface area contributed by atoms with Crippen molar-refractivity contribution in [1.82, 2.24) is 15.5 Å². The van der Waals surface area contributed by atoms with Crippen LogP contribution in [-0.2, 0) is 0 Å². The highest BCUT2D eigenvalue weighted by atomic mass is 16.1. The van der Waals surface area contributed by atoms with Gasteiger partial charge in [0.05, 0.1) is 0 Å². The molecule has 1 aromatic rings. The number of hydrogen-bond donors (Lipinski definition) is 2. The van der Waals surface area contributed by atoms with E-state index in [2.05, 4.69) is 20.4 Å². The van der Waals surface area contributed by atoms with Gasteiger partial charge < -0.3 is 16.0 Å². The zero-order chi connectivity index (χ0) is 14.4. The minimum absolute atomic E-state index is 0.177. The van der Waals surface area contributed by atoms with Gasteiger partial charge in [-0.2, -0.15) is 0 Å². The topological polar surface area (TPSA) is 84.1 Å². The zero-order valence-corrected chi connectivity index (χ0v) is 12.0.